The first kappa shape index (κ1) is 9.78. The summed E-state index contributed by atoms with van der Waals surface area (Å²) in [5, 5.41) is 8.53. The van der Waals surface area contributed by atoms with Crippen LogP contribution >= 0.6 is 11.8 Å². The number of hydrogen-bond donors (Lipinski definition) is 2. The maximum absolute atomic E-state index is 10.4. The third-order valence-electron chi connectivity index (χ3n) is 1.09. The van der Waals surface area contributed by atoms with E-state index in [1.54, 1.807) is 0 Å². The zero-order chi connectivity index (χ0) is 8.20. The lowest BCUT2D eigenvalue weighted by atomic mass is 10.1. The molecule has 0 heterocycles. The molecule has 4 heteroatoms. The molecule has 1 unspecified atom stereocenters. The zero-order valence-electron chi connectivity index (χ0n) is 6.26. The highest BCUT2D eigenvalue weighted by Crippen LogP contribution is 2.09. The normalized spacial score (nSPS) is 16.3. The molecular formula is C6H13NO2S. The van der Waals surface area contributed by atoms with Crippen LogP contribution in [0.4, 0.5) is 0 Å². The highest BCUT2D eigenvalue weighted by Gasteiger charge is 2.26. The molecule has 0 radical (unpaired) electrons. The Bertz CT molecular complexity index is 125. The van der Waals surface area contributed by atoms with E-state index < -0.39 is 11.5 Å². The lowest BCUT2D eigenvalue weighted by Gasteiger charge is -2.17. The monoisotopic (exact) mass is 163 g/mol. The van der Waals surface area contributed by atoms with E-state index in [1.807, 2.05) is 6.92 Å². The first-order valence-corrected chi connectivity index (χ1v) is 4.26. The van der Waals surface area contributed by atoms with Crippen LogP contribution in [0.1, 0.15) is 13.8 Å². The van der Waals surface area contributed by atoms with Crippen molar-refractivity contribution in [3.63, 3.8) is 0 Å². The van der Waals surface area contributed by atoms with E-state index >= 15 is 0 Å². The molecular weight excluding hydrogens is 150 g/mol. The maximum Gasteiger partial charge on any atom is 0.324 e. The van der Waals surface area contributed by atoms with Gasteiger partial charge in [-0.15, -0.1) is 0 Å². The summed E-state index contributed by atoms with van der Waals surface area (Å²) in [5.74, 6) is 0.437. The van der Waals surface area contributed by atoms with Gasteiger partial charge in [-0.05, 0) is 12.7 Å². The third-order valence-corrected chi connectivity index (χ3v) is 2.31. The third kappa shape index (κ3) is 3.08. The molecule has 0 spiro atoms. The van der Waals surface area contributed by atoms with Gasteiger partial charge in [-0.2, -0.15) is 11.8 Å². The second-order valence-electron chi connectivity index (χ2n) is 2.36. The Morgan fingerprint density at radius 3 is 2.60 bits per heavy atom. The van der Waals surface area contributed by atoms with Crippen LogP contribution in [0.2, 0.25) is 0 Å². The fraction of sp³-hybridized carbons (Fsp3) is 0.833. The van der Waals surface area contributed by atoms with Crippen LogP contribution in [0.15, 0.2) is 0 Å². The van der Waals surface area contributed by atoms with Gasteiger partial charge in [0.25, 0.3) is 0 Å². The molecule has 0 saturated heterocycles. The van der Waals surface area contributed by atoms with Crippen LogP contribution < -0.4 is 5.73 Å². The molecule has 1 atom stereocenters. The number of hydrogen-bond acceptors (Lipinski definition) is 3. The van der Waals surface area contributed by atoms with Crippen molar-refractivity contribution < 1.29 is 9.90 Å². The highest BCUT2D eigenvalue weighted by atomic mass is 32.2. The Balaban J connectivity index is 3.75. The molecule has 0 aliphatic heterocycles. The fourth-order valence-electron chi connectivity index (χ4n) is 0.376. The average Bonchev–Trinajstić information content (AvgIpc) is 1.84. The number of rotatable bonds is 4. The molecule has 3 nitrogen and oxygen atoms in total. The summed E-state index contributed by atoms with van der Waals surface area (Å²) in [4.78, 5) is 10.4. The van der Waals surface area contributed by atoms with E-state index in [-0.39, 0.29) is 0 Å². The van der Waals surface area contributed by atoms with Gasteiger partial charge in [-0.1, -0.05) is 6.92 Å². The summed E-state index contributed by atoms with van der Waals surface area (Å²) in [6.45, 7) is 3.50. The second-order valence-corrected chi connectivity index (χ2v) is 3.63. The molecule has 0 aromatic carbocycles. The Morgan fingerprint density at radius 2 is 2.30 bits per heavy atom. The van der Waals surface area contributed by atoms with Crippen LogP contribution in [0.5, 0.6) is 0 Å². The van der Waals surface area contributed by atoms with Crippen molar-refractivity contribution in [2.45, 2.75) is 19.4 Å². The van der Waals surface area contributed by atoms with E-state index in [2.05, 4.69) is 0 Å². The molecule has 0 rings (SSSR count). The number of thioether (sulfide) groups is 1. The molecule has 0 aromatic rings. The van der Waals surface area contributed by atoms with Crippen molar-refractivity contribution >= 4 is 17.7 Å². The van der Waals surface area contributed by atoms with Gasteiger partial charge in [-0.3, -0.25) is 4.79 Å². The van der Waals surface area contributed by atoms with Crippen molar-refractivity contribution in [3.8, 4) is 0 Å². The topological polar surface area (TPSA) is 63.3 Å². The lowest BCUT2D eigenvalue weighted by Crippen LogP contribution is -2.47. The molecule has 10 heavy (non-hydrogen) atoms. The second kappa shape index (κ2) is 3.83. The van der Waals surface area contributed by atoms with Gasteiger partial charge < -0.3 is 10.8 Å². The molecule has 3 N–H and O–H groups in total. The summed E-state index contributed by atoms with van der Waals surface area (Å²) < 4.78 is 0. The van der Waals surface area contributed by atoms with Gasteiger partial charge in [-0.25, -0.2) is 0 Å². The van der Waals surface area contributed by atoms with Crippen molar-refractivity contribution in [1.82, 2.24) is 0 Å². The predicted octanol–water partition coefficient (Wildman–Crippen LogP) is 0.542. The Kier molecular flexibility index (Phi) is 3.75. The van der Waals surface area contributed by atoms with Crippen molar-refractivity contribution in [2.24, 2.45) is 5.73 Å². The Labute approximate surface area is 65.0 Å². The van der Waals surface area contributed by atoms with Crippen LogP contribution in [0.25, 0.3) is 0 Å². The van der Waals surface area contributed by atoms with Gasteiger partial charge >= 0.3 is 5.97 Å². The molecule has 0 amide bonds. The number of aliphatic carboxylic acids is 1. The largest absolute Gasteiger partial charge is 0.480 e. The minimum atomic E-state index is -1.07. The quantitative estimate of drug-likeness (QED) is 0.635. The highest BCUT2D eigenvalue weighted by molar-refractivity contribution is 7.99. The predicted molar refractivity (Wildman–Crippen MR) is 43.2 cm³/mol. The van der Waals surface area contributed by atoms with Crippen molar-refractivity contribution in [3.05, 3.63) is 0 Å². The van der Waals surface area contributed by atoms with Crippen LogP contribution in [0.3, 0.4) is 0 Å². The summed E-state index contributed by atoms with van der Waals surface area (Å²) in [6.07, 6.45) is 0. The smallest absolute Gasteiger partial charge is 0.324 e. The maximum atomic E-state index is 10.4. The number of carboxylic acids is 1. The summed E-state index contributed by atoms with van der Waals surface area (Å²) in [7, 11) is 0. The van der Waals surface area contributed by atoms with E-state index in [9.17, 15) is 4.79 Å². The molecule has 0 saturated carbocycles. The van der Waals surface area contributed by atoms with E-state index in [0.717, 1.165) is 5.75 Å². The Hall–Kier alpha value is -0.220. The van der Waals surface area contributed by atoms with E-state index in [4.69, 9.17) is 10.8 Å². The molecule has 0 aliphatic carbocycles. The summed E-state index contributed by atoms with van der Waals surface area (Å²) >= 11 is 1.54. The van der Waals surface area contributed by atoms with Gasteiger partial charge in [0.15, 0.2) is 0 Å². The van der Waals surface area contributed by atoms with Gasteiger partial charge in [0.05, 0.1) is 0 Å². The molecule has 0 aliphatic rings. The van der Waals surface area contributed by atoms with E-state index in [1.165, 1.54) is 18.7 Å². The molecule has 0 fully saturated rings. The zero-order valence-corrected chi connectivity index (χ0v) is 7.07. The SMILES string of the molecule is CCSCC(C)(N)C(=O)O. The lowest BCUT2D eigenvalue weighted by molar-refractivity contribution is -0.141. The van der Waals surface area contributed by atoms with E-state index in [0.29, 0.717) is 5.75 Å². The van der Waals surface area contributed by atoms with Crippen molar-refractivity contribution in [1.29, 1.82) is 0 Å². The van der Waals surface area contributed by atoms with Gasteiger partial charge in [0.1, 0.15) is 5.54 Å². The minimum Gasteiger partial charge on any atom is -0.480 e. The summed E-state index contributed by atoms with van der Waals surface area (Å²) in [6, 6.07) is 0. The summed E-state index contributed by atoms with van der Waals surface area (Å²) in [5.41, 5.74) is 4.36. The van der Waals surface area contributed by atoms with Crippen LogP contribution in [0, 0.1) is 0 Å². The first-order valence-electron chi connectivity index (χ1n) is 3.10. The van der Waals surface area contributed by atoms with Gasteiger partial charge in [0.2, 0.25) is 0 Å². The van der Waals surface area contributed by atoms with Gasteiger partial charge in [0, 0.05) is 5.75 Å². The number of carbonyl (C=O) groups is 1. The molecule has 0 aromatic heterocycles. The van der Waals surface area contributed by atoms with Crippen LogP contribution in [-0.2, 0) is 4.79 Å². The van der Waals surface area contributed by atoms with Crippen LogP contribution in [-0.4, -0.2) is 28.1 Å². The Morgan fingerprint density at radius 1 is 1.80 bits per heavy atom. The number of carboxylic acid groups (broad SMARTS) is 1. The fourth-order valence-corrected chi connectivity index (χ4v) is 1.13. The molecule has 0 bridgehead atoms. The average molecular weight is 163 g/mol. The minimum absolute atomic E-state index is 0.471. The van der Waals surface area contributed by atoms with Crippen molar-refractivity contribution in [2.75, 3.05) is 11.5 Å². The number of nitrogens with two attached hydrogens (primary N) is 1. The first-order chi connectivity index (χ1) is 4.50. The molecule has 60 valence electrons. The standard InChI is InChI=1S/C6H13NO2S/c1-3-10-4-6(2,7)5(8)9/h3-4,7H2,1-2H3,(H,8,9).